The quantitative estimate of drug-likeness (QED) is 0.442. The highest BCUT2D eigenvalue weighted by atomic mass is 32.2. The second-order valence-corrected chi connectivity index (χ2v) is 10.7. The van der Waals surface area contributed by atoms with Crippen molar-refractivity contribution in [3.8, 4) is 5.75 Å². The van der Waals surface area contributed by atoms with Gasteiger partial charge in [-0.3, -0.25) is 9.78 Å². The number of halogens is 3. The van der Waals surface area contributed by atoms with Gasteiger partial charge < -0.3 is 14.3 Å². The fourth-order valence-corrected chi connectivity index (χ4v) is 5.95. The van der Waals surface area contributed by atoms with Gasteiger partial charge in [0, 0.05) is 30.4 Å². The fourth-order valence-electron chi connectivity index (χ4n) is 4.09. The molecule has 0 atom stereocenters. The minimum atomic E-state index is -5.32. The Morgan fingerprint density at radius 1 is 1.03 bits per heavy atom. The first-order valence-corrected chi connectivity index (χ1v) is 13.1. The van der Waals surface area contributed by atoms with Crippen molar-refractivity contribution >= 4 is 32.6 Å². The summed E-state index contributed by atoms with van der Waals surface area (Å²) in [5, 5.41) is 0.926. The van der Waals surface area contributed by atoms with Crippen LogP contribution in [-0.4, -0.2) is 50.4 Å². The van der Waals surface area contributed by atoms with E-state index in [0.29, 0.717) is 5.75 Å². The predicted octanol–water partition coefficient (Wildman–Crippen LogP) is 3.52. The number of aromatic nitrogens is 1. The van der Waals surface area contributed by atoms with E-state index in [-0.39, 0.29) is 37.6 Å². The number of carbonyl (C=O) groups is 2. The van der Waals surface area contributed by atoms with Crippen LogP contribution in [0, 0.1) is 5.41 Å². The molecule has 0 bridgehead atoms. The number of benzene rings is 2. The van der Waals surface area contributed by atoms with E-state index < -0.39 is 39.1 Å². The summed E-state index contributed by atoms with van der Waals surface area (Å²) >= 11 is 0. The Kier molecular flexibility index (Phi) is 7.88. The third-order valence-corrected chi connectivity index (χ3v) is 8.11. The summed E-state index contributed by atoms with van der Waals surface area (Å²) in [5.41, 5.74) is 1.53. The fraction of sp³-hybridized carbons (Fsp3) is 0.320. The summed E-state index contributed by atoms with van der Waals surface area (Å²) < 4.78 is 74.7. The molecule has 3 aromatic rings. The number of ether oxygens (including phenoxy) is 2. The molecule has 1 fully saturated rings. The van der Waals surface area contributed by atoms with Crippen molar-refractivity contribution < 1.29 is 45.5 Å². The van der Waals surface area contributed by atoms with Gasteiger partial charge in [0.25, 0.3) is 5.91 Å². The minimum absolute atomic E-state index is 0.00657. The Labute approximate surface area is 215 Å². The number of para-hydroxylation sites is 1. The number of nitrogens with one attached hydrogen (secondary N) is 1. The van der Waals surface area contributed by atoms with Crippen molar-refractivity contribution in [2.75, 3.05) is 19.0 Å². The van der Waals surface area contributed by atoms with Gasteiger partial charge in [-0.25, -0.2) is 13.2 Å². The molecule has 38 heavy (non-hydrogen) atoms. The van der Waals surface area contributed by atoms with Crippen LogP contribution in [0.1, 0.15) is 18.4 Å². The van der Waals surface area contributed by atoms with Gasteiger partial charge in [-0.15, -0.1) is 0 Å². The standard InChI is InChI=1S/C25H23F3N2O7S/c26-25(27,28)23(32)37-30-22(31)24(10-13-35-14-11-24)16-38(33,34)19-7-5-18(6-8-19)36-15-17-9-12-29-21-4-2-1-3-20(17)21/h1-9,12H,10-11,13-16H2,(H,30,31). The summed E-state index contributed by atoms with van der Waals surface area (Å²) in [6, 6.07) is 15.0. The van der Waals surface area contributed by atoms with Crippen LogP contribution in [0.15, 0.2) is 65.7 Å². The second-order valence-electron chi connectivity index (χ2n) is 8.72. The zero-order valence-corrected chi connectivity index (χ0v) is 20.7. The Hall–Kier alpha value is -3.71. The molecule has 1 amide bonds. The third kappa shape index (κ3) is 6.22. The Morgan fingerprint density at radius 3 is 2.39 bits per heavy atom. The maximum atomic E-state index is 13.2. The van der Waals surface area contributed by atoms with Gasteiger partial charge in [-0.1, -0.05) is 18.2 Å². The lowest BCUT2D eigenvalue weighted by molar-refractivity contribution is -0.208. The molecule has 0 aliphatic carbocycles. The monoisotopic (exact) mass is 552 g/mol. The summed E-state index contributed by atoms with van der Waals surface area (Å²) in [4.78, 5) is 31.8. The molecule has 1 aliphatic rings. The molecule has 1 saturated heterocycles. The van der Waals surface area contributed by atoms with E-state index in [4.69, 9.17) is 9.47 Å². The maximum absolute atomic E-state index is 13.2. The highest BCUT2D eigenvalue weighted by Gasteiger charge is 2.47. The second kappa shape index (κ2) is 11.0. The predicted molar refractivity (Wildman–Crippen MR) is 127 cm³/mol. The Balaban J connectivity index is 1.45. The van der Waals surface area contributed by atoms with Crippen molar-refractivity contribution in [3.63, 3.8) is 0 Å². The number of pyridine rings is 1. The van der Waals surface area contributed by atoms with Crippen molar-refractivity contribution in [2.45, 2.75) is 30.5 Å². The van der Waals surface area contributed by atoms with Crippen LogP contribution in [0.3, 0.4) is 0 Å². The molecule has 13 heteroatoms. The van der Waals surface area contributed by atoms with Crippen LogP contribution in [0.5, 0.6) is 5.75 Å². The molecule has 0 radical (unpaired) electrons. The molecule has 4 rings (SSSR count). The minimum Gasteiger partial charge on any atom is -0.489 e. The highest BCUT2D eigenvalue weighted by Crippen LogP contribution is 2.35. The number of fused-ring (bicyclic) bond motifs is 1. The van der Waals surface area contributed by atoms with Crippen LogP contribution in [-0.2, 0) is 35.6 Å². The zero-order chi connectivity index (χ0) is 27.4. The first-order chi connectivity index (χ1) is 18.0. The molecule has 0 saturated carbocycles. The van der Waals surface area contributed by atoms with Gasteiger partial charge in [0.15, 0.2) is 9.84 Å². The van der Waals surface area contributed by atoms with Gasteiger partial charge in [-0.2, -0.15) is 18.7 Å². The highest BCUT2D eigenvalue weighted by molar-refractivity contribution is 7.91. The average Bonchev–Trinajstić information content (AvgIpc) is 2.90. The van der Waals surface area contributed by atoms with Crippen molar-refractivity contribution in [2.24, 2.45) is 5.41 Å². The normalized spacial score (nSPS) is 15.6. The van der Waals surface area contributed by atoms with Crippen LogP contribution in [0.4, 0.5) is 13.2 Å². The number of sulfone groups is 1. The molecule has 0 unspecified atom stereocenters. The van der Waals surface area contributed by atoms with Crippen molar-refractivity contribution in [1.29, 1.82) is 0 Å². The van der Waals surface area contributed by atoms with E-state index in [9.17, 15) is 31.2 Å². The van der Waals surface area contributed by atoms with Crippen LogP contribution in [0.2, 0.25) is 0 Å². The zero-order valence-electron chi connectivity index (χ0n) is 19.9. The average molecular weight is 553 g/mol. The van der Waals surface area contributed by atoms with E-state index in [2.05, 4.69) is 9.82 Å². The Morgan fingerprint density at radius 2 is 1.71 bits per heavy atom. The largest absolute Gasteiger partial charge is 0.493 e. The van der Waals surface area contributed by atoms with E-state index in [1.165, 1.54) is 29.7 Å². The molecule has 2 heterocycles. The number of nitrogens with zero attached hydrogens (tertiary/aromatic N) is 1. The van der Waals surface area contributed by atoms with E-state index in [0.717, 1.165) is 16.5 Å². The lowest BCUT2D eigenvalue weighted by Crippen LogP contribution is -2.50. The number of hydroxylamine groups is 1. The molecular weight excluding hydrogens is 529 g/mol. The molecular formula is C25H23F3N2O7S. The summed E-state index contributed by atoms with van der Waals surface area (Å²) in [6.07, 6.45) is -3.84. The number of rotatable bonds is 7. The van der Waals surface area contributed by atoms with Gasteiger partial charge in [0.05, 0.1) is 21.6 Å². The van der Waals surface area contributed by atoms with Crippen molar-refractivity contribution in [1.82, 2.24) is 10.5 Å². The number of hydrogen-bond acceptors (Lipinski definition) is 8. The van der Waals surface area contributed by atoms with Crippen LogP contribution < -0.4 is 10.2 Å². The van der Waals surface area contributed by atoms with Gasteiger partial charge in [0.1, 0.15) is 12.4 Å². The Bertz CT molecular complexity index is 1420. The summed E-state index contributed by atoms with van der Waals surface area (Å²) in [6.45, 7) is 0.230. The van der Waals surface area contributed by atoms with Gasteiger partial charge in [-0.05, 0) is 49.2 Å². The SMILES string of the molecule is O=C(ONC(=O)C1(CS(=O)(=O)c2ccc(OCc3ccnc4ccccc34)cc2)CCOCC1)C(F)(F)F. The molecule has 9 nitrogen and oxygen atoms in total. The molecule has 1 aromatic heterocycles. The first-order valence-electron chi connectivity index (χ1n) is 11.4. The molecule has 202 valence electrons. The number of carbonyl (C=O) groups excluding carboxylic acids is 2. The molecule has 0 spiro atoms. The molecule has 2 aromatic carbocycles. The molecule has 1 N–H and O–H groups in total. The van der Waals surface area contributed by atoms with Crippen molar-refractivity contribution in [3.05, 3.63) is 66.4 Å². The lowest BCUT2D eigenvalue weighted by Gasteiger charge is -2.34. The van der Waals surface area contributed by atoms with Crippen LogP contribution >= 0.6 is 0 Å². The topological polar surface area (TPSA) is 121 Å². The smallest absolute Gasteiger partial charge is 0.489 e. The number of amides is 1. The van der Waals surface area contributed by atoms with Crippen LogP contribution in [0.25, 0.3) is 10.9 Å². The maximum Gasteiger partial charge on any atom is 0.493 e. The molecule has 1 aliphatic heterocycles. The van der Waals surface area contributed by atoms with E-state index >= 15 is 0 Å². The summed E-state index contributed by atoms with van der Waals surface area (Å²) in [7, 11) is -4.09. The lowest BCUT2D eigenvalue weighted by atomic mass is 9.81. The van der Waals surface area contributed by atoms with Gasteiger partial charge in [0.2, 0.25) is 0 Å². The van der Waals surface area contributed by atoms with E-state index in [1.54, 1.807) is 6.20 Å². The number of alkyl halides is 3. The number of hydrogen-bond donors (Lipinski definition) is 1. The summed E-state index contributed by atoms with van der Waals surface area (Å²) in [5.74, 6) is -4.08. The van der Waals surface area contributed by atoms with Gasteiger partial charge >= 0.3 is 12.1 Å². The van der Waals surface area contributed by atoms with E-state index in [1.807, 2.05) is 30.3 Å². The third-order valence-electron chi connectivity index (χ3n) is 6.18. The first kappa shape index (κ1) is 27.3.